The third kappa shape index (κ3) is 2.75. The lowest BCUT2D eigenvalue weighted by Crippen LogP contribution is -2.57. The van der Waals surface area contributed by atoms with Crippen LogP contribution in [0.4, 0.5) is 0 Å². The van der Waals surface area contributed by atoms with E-state index < -0.39 is 36.5 Å². The van der Waals surface area contributed by atoms with Gasteiger partial charge >= 0.3 is 19.5 Å². The minimum Gasteiger partial charge on any atom is -0.481 e. The van der Waals surface area contributed by atoms with Crippen molar-refractivity contribution >= 4 is 19.5 Å². The molecule has 0 aliphatic rings. The molecule has 0 heterocycles. The van der Waals surface area contributed by atoms with Crippen LogP contribution in [0.25, 0.3) is 0 Å². The number of hydrogen-bond acceptors (Lipinski definition) is 3. The molecule has 0 rings (SSSR count). The van der Waals surface area contributed by atoms with Crippen molar-refractivity contribution in [1.29, 1.82) is 0 Å². The van der Waals surface area contributed by atoms with Crippen molar-refractivity contribution in [3.8, 4) is 0 Å². The molecule has 0 bridgehead atoms. The average molecular weight is 310 g/mol. The molecule has 2 unspecified atom stereocenters. The van der Waals surface area contributed by atoms with Crippen LogP contribution >= 0.6 is 7.60 Å². The zero-order chi connectivity index (χ0) is 16.2. The van der Waals surface area contributed by atoms with Crippen molar-refractivity contribution in [3.05, 3.63) is 0 Å². The van der Waals surface area contributed by atoms with Crippen LogP contribution in [0.2, 0.25) is 0 Å². The molecule has 0 radical (unpaired) electrons. The first-order valence-electron chi connectivity index (χ1n) is 6.59. The van der Waals surface area contributed by atoms with Gasteiger partial charge in [0.25, 0.3) is 0 Å². The van der Waals surface area contributed by atoms with E-state index in [2.05, 4.69) is 0 Å². The Bertz CT molecular complexity index is 416. The first-order chi connectivity index (χ1) is 9.07. The molecule has 0 aliphatic carbocycles. The molecule has 0 saturated carbocycles. The summed E-state index contributed by atoms with van der Waals surface area (Å²) in [6.07, 6.45) is 0.301. The van der Waals surface area contributed by atoms with Gasteiger partial charge in [-0.3, -0.25) is 14.2 Å². The minimum absolute atomic E-state index is 0.0828. The summed E-state index contributed by atoms with van der Waals surface area (Å²) in [7, 11) is -5.18. The Labute approximate surface area is 118 Å². The van der Waals surface area contributed by atoms with Crippen LogP contribution in [0.3, 0.4) is 0 Å². The van der Waals surface area contributed by atoms with E-state index in [4.69, 9.17) is 0 Å². The van der Waals surface area contributed by atoms with Gasteiger partial charge in [-0.15, -0.1) is 0 Å². The lowest BCUT2D eigenvalue weighted by atomic mass is 9.68. The number of carboxylic acids is 2. The number of aliphatic carboxylic acids is 2. The third-order valence-corrected chi connectivity index (χ3v) is 6.05. The summed E-state index contributed by atoms with van der Waals surface area (Å²) >= 11 is 0. The highest BCUT2D eigenvalue weighted by Gasteiger charge is 2.68. The van der Waals surface area contributed by atoms with E-state index in [0.29, 0.717) is 12.8 Å². The smallest absolute Gasteiger partial charge is 0.344 e. The average Bonchev–Trinajstić information content (AvgIpc) is 2.32. The Morgan fingerprint density at radius 2 is 1.50 bits per heavy atom. The Kier molecular flexibility index (Phi) is 6.39. The van der Waals surface area contributed by atoms with E-state index in [-0.39, 0.29) is 12.8 Å². The minimum atomic E-state index is -5.18. The molecular formula is C12H23O7P. The van der Waals surface area contributed by atoms with Crippen LogP contribution in [0.15, 0.2) is 0 Å². The van der Waals surface area contributed by atoms with Gasteiger partial charge in [-0.2, -0.15) is 0 Å². The van der Waals surface area contributed by atoms with Crippen molar-refractivity contribution < 1.29 is 34.2 Å². The van der Waals surface area contributed by atoms with Gasteiger partial charge in [0.15, 0.2) is 5.16 Å². The second kappa shape index (κ2) is 6.70. The number of hydrogen-bond donors (Lipinski definition) is 4. The summed E-state index contributed by atoms with van der Waals surface area (Å²) in [6.45, 7) is 4.55. The molecule has 0 saturated heterocycles. The fourth-order valence-corrected chi connectivity index (χ4v) is 4.48. The highest BCUT2D eigenvalue weighted by Crippen LogP contribution is 2.64. The lowest BCUT2D eigenvalue weighted by Gasteiger charge is -2.44. The van der Waals surface area contributed by atoms with Crippen molar-refractivity contribution in [2.75, 3.05) is 0 Å². The maximum atomic E-state index is 11.8. The topological polar surface area (TPSA) is 132 Å². The van der Waals surface area contributed by atoms with E-state index in [1.54, 1.807) is 6.92 Å². The molecule has 2 atom stereocenters. The van der Waals surface area contributed by atoms with Crippen LogP contribution in [0.5, 0.6) is 0 Å². The molecule has 0 amide bonds. The van der Waals surface area contributed by atoms with E-state index in [9.17, 15) is 34.2 Å². The van der Waals surface area contributed by atoms with E-state index >= 15 is 0 Å². The number of carboxylic acid groups (broad SMARTS) is 2. The van der Waals surface area contributed by atoms with Gasteiger partial charge in [0, 0.05) is 0 Å². The maximum Gasteiger partial charge on any atom is 0.344 e. The molecule has 0 aromatic rings. The Morgan fingerprint density at radius 3 is 1.70 bits per heavy atom. The second-order valence-corrected chi connectivity index (χ2v) is 6.76. The molecule has 4 N–H and O–H groups in total. The molecular weight excluding hydrogens is 287 g/mol. The number of rotatable bonds is 9. The highest BCUT2D eigenvalue weighted by atomic mass is 31.2. The molecule has 0 spiro atoms. The molecule has 20 heavy (non-hydrogen) atoms. The number of carbonyl (C=O) groups is 2. The maximum absolute atomic E-state index is 11.8. The summed E-state index contributed by atoms with van der Waals surface area (Å²) in [6, 6.07) is 0. The summed E-state index contributed by atoms with van der Waals surface area (Å²) in [5, 5.41) is 16.3. The van der Waals surface area contributed by atoms with Crippen LogP contribution in [-0.4, -0.2) is 37.1 Å². The van der Waals surface area contributed by atoms with Crippen LogP contribution in [0, 0.1) is 5.41 Å². The molecule has 0 aliphatic heterocycles. The molecule has 118 valence electrons. The van der Waals surface area contributed by atoms with Gasteiger partial charge in [0.05, 0.1) is 5.41 Å². The second-order valence-electron chi connectivity index (χ2n) is 4.91. The largest absolute Gasteiger partial charge is 0.481 e. The molecule has 8 heteroatoms. The fraction of sp³-hybridized carbons (Fsp3) is 0.833. The molecule has 0 fully saturated rings. The number of unbranched alkanes of at least 4 members (excludes halogenated alkanes) is 1. The first kappa shape index (κ1) is 19.1. The summed E-state index contributed by atoms with van der Waals surface area (Å²) in [4.78, 5) is 42.5. The Morgan fingerprint density at radius 1 is 1.00 bits per heavy atom. The van der Waals surface area contributed by atoms with Crippen LogP contribution < -0.4 is 0 Å². The zero-order valence-corrected chi connectivity index (χ0v) is 12.9. The molecule has 0 aromatic carbocycles. The van der Waals surface area contributed by atoms with Crippen LogP contribution in [0.1, 0.15) is 52.9 Å². The normalized spacial score (nSPS) is 18.1. The van der Waals surface area contributed by atoms with Gasteiger partial charge in [0.1, 0.15) is 0 Å². The SMILES string of the molecule is CCCCC(CC)(C(=O)O)C(CC)(C(=O)O)P(=O)(O)O. The summed E-state index contributed by atoms with van der Waals surface area (Å²) < 4.78 is 11.8. The Balaban J connectivity index is 6.36. The zero-order valence-electron chi connectivity index (χ0n) is 12.0. The predicted molar refractivity (Wildman–Crippen MR) is 72.6 cm³/mol. The van der Waals surface area contributed by atoms with Crippen molar-refractivity contribution in [2.45, 2.75) is 58.0 Å². The van der Waals surface area contributed by atoms with Gasteiger partial charge in [-0.1, -0.05) is 33.6 Å². The fourth-order valence-electron chi connectivity index (χ4n) is 2.89. The third-order valence-electron chi connectivity index (χ3n) is 4.12. The first-order valence-corrected chi connectivity index (χ1v) is 8.21. The standard InChI is InChI=1S/C12H23O7P/c1-4-7-8-11(5-2,9(13)14)12(6-3,10(15)16)20(17,18)19/h4-8H2,1-3H3,(H,13,14)(H,15,16)(H2,17,18,19). The monoisotopic (exact) mass is 310 g/mol. The van der Waals surface area contributed by atoms with Gasteiger partial charge in [-0.05, 0) is 19.3 Å². The van der Waals surface area contributed by atoms with Gasteiger partial charge < -0.3 is 20.0 Å². The van der Waals surface area contributed by atoms with E-state index in [1.807, 2.05) is 0 Å². The predicted octanol–water partition coefficient (Wildman–Crippen LogP) is 2.07. The quantitative estimate of drug-likeness (QED) is 0.479. The lowest BCUT2D eigenvalue weighted by molar-refractivity contribution is -0.162. The summed E-state index contributed by atoms with van der Waals surface area (Å²) in [5.41, 5.74) is -1.98. The van der Waals surface area contributed by atoms with Crippen molar-refractivity contribution in [3.63, 3.8) is 0 Å². The van der Waals surface area contributed by atoms with Gasteiger partial charge in [0.2, 0.25) is 0 Å². The Hall–Kier alpha value is -0.910. The van der Waals surface area contributed by atoms with Crippen molar-refractivity contribution in [2.24, 2.45) is 5.41 Å². The highest BCUT2D eigenvalue weighted by molar-refractivity contribution is 7.55. The molecule has 7 nitrogen and oxygen atoms in total. The molecule has 0 aromatic heterocycles. The van der Waals surface area contributed by atoms with Gasteiger partial charge in [-0.25, -0.2) is 0 Å². The summed E-state index contributed by atoms with van der Waals surface area (Å²) in [5.74, 6) is -3.23. The van der Waals surface area contributed by atoms with Crippen LogP contribution in [-0.2, 0) is 14.2 Å². The van der Waals surface area contributed by atoms with E-state index in [0.717, 1.165) is 0 Å². The van der Waals surface area contributed by atoms with E-state index in [1.165, 1.54) is 13.8 Å². The van der Waals surface area contributed by atoms with Crippen molar-refractivity contribution in [1.82, 2.24) is 0 Å².